The van der Waals surface area contributed by atoms with Crippen molar-refractivity contribution in [2.75, 3.05) is 13.1 Å². The van der Waals surface area contributed by atoms with Gasteiger partial charge >= 0.3 is 0 Å². The quantitative estimate of drug-likeness (QED) is 0.594. The van der Waals surface area contributed by atoms with Crippen LogP contribution in [0.1, 0.15) is 54.3 Å². The van der Waals surface area contributed by atoms with Crippen molar-refractivity contribution in [3.05, 3.63) is 47.5 Å². The Balaban J connectivity index is 2.85. The largest absolute Gasteiger partial charge is 0.339 e. The van der Waals surface area contributed by atoms with Gasteiger partial charge in [0.1, 0.15) is 0 Å². The smallest absolute Gasteiger partial charge is 0.269 e. The summed E-state index contributed by atoms with van der Waals surface area (Å²) in [6, 6.07) is 6.45. The van der Waals surface area contributed by atoms with Crippen molar-refractivity contribution in [1.82, 2.24) is 15.8 Å². The van der Waals surface area contributed by atoms with Gasteiger partial charge in [-0.1, -0.05) is 26.5 Å². The van der Waals surface area contributed by atoms with Gasteiger partial charge in [-0.2, -0.15) is 0 Å². The molecule has 0 aliphatic rings. The van der Waals surface area contributed by atoms with Crippen LogP contribution in [-0.2, 0) is 4.79 Å². The fourth-order valence-electron chi connectivity index (χ4n) is 2.12. The van der Waals surface area contributed by atoms with Crippen LogP contribution in [0.3, 0.4) is 0 Å². The molecule has 1 aromatic carbocycles. The first-order valence-corrected chi connectivity index (χ1v) is 8.06. The number of hydrazine groups is 1. The number of carbonyl (C=O) groups is 3. The standard InChI is InChI=1S/C18H25N3O3/c1-5-10-21(11-6-2)18(24)15-9-7-8-14(12-15)17(23)20-19-16(22)13(3)4/h7-9,12H,3,5-6,10-11H2,1-2,4H3,(H,19,22)(H,20,23). The van der Waals surface area contributed by atoms with E-state index < -0.39 is 11.8 Å². The number of benzene rings is 1. The van der Waals surface area contributed by atoms with Gasteiger partial charge in [-0.05, 0) is 38.0 Å². The van der Waals surface area contributed by atoms with Gasteiger partial charge in [0.15, 0.2) is 0 Å². The molecule has 0 radical (unpaired) electrons. The predicted octanol–water partition coefficient (Wildman–Crippen LogP) is 2.29. The highest BCUT2D eigenvalue weighted by molar-refractivity contribution is 6.01. The van der Waals surface area contributed by atoms with Crippen molar-refractivity contribution >= 4 is 17.7 Å². The number of hydrogen-bond acceptors (Lipinski definition) is 3. The predicted molar refractivity (Wildman–Crippen MR) is 93.4 cm³/mol. The Morgan fingerprint density at radius 3 is 2.17 bits per heavy atom. The molecule has 2 N–H and O–H groups in total. The van der Waals surface area contributed by atoms with Crippen LogP contribution in [0.4, 0.5) is 0 Å². The van der Waals surface area contributed by atoms with Gasteiger partial charge in [-0.25, -0.2) is 0 Å². The Bertz CT molecular complexity index is 620. The van der Waals surface area contributed by atoms with Crippen molar-refractivity contribution in [3.8, 4) is 0 Å². The van der Waals surface area contributed by atoms with E-state index in [4.69, 9.17) is 0 Å². The fourth-order valence-corrected chi connectivity index (χ4v) is 2.12. The first-order chi connectivity index (χ1) is 11.4. The average Bonchev–Trinajstić information content (AvgIpc) is 2.58. The van der Waals surface area contributed by atoms with E-state index in [1.54, 1.807) is 23.1 Å². The van der Waals surface area contributed by atoms with E-state index in [-0.39, 0.29) is 11.5 Å². The van der Waals surface area contributed by atoms with E-state index in [1.165, 1.54) is 13.0 Å². The van der Waals surface area contributed by atoms with Crippen molar-refractivity contribution < 1.29 is 14.4 Å². The van der Waals surface area contributed by atoms with Crippen molar-refractivity contribution in [3.63, 3.8) is 0 Å². The minimum absolute atomic E-state index is 0.0979. The molecular weight excluding hydrogens is 306 g/mol. The second-order valence-corrected chi connectivity index (χ2v) is 5.56. The lowest BCUT2D eigenvalue weighted by molar-refractivity contribution is -0.118. The van der Waals surface area contributed by atoms with E-state index in [1.807, 2.05) is 13.8 Å². The molecule has 6 heteroatoms. The number of hydrogen-bond donors (Lipinski definition) is 2. The average molecular weight is 331 g/mol. The summed E-state index contributed by atoms with van der Waals surface area (Å²) in [4.78, 5) is 37.8. The lowest BCUT2D eigenvalue weighted by Crippen LogP contribution is -2.42. The zero-order valence-electron chi connectivity index (χ0n) is 14.5. The second kappa shape index (κ2) is 9.50. The Kier molecular flexibility index (Phi) is 7.68. The SMILES string of the molecule is C=C(C)C(=O)NNC(=O)c1cccc(C(=O)N(CCC)CCC)c1. The molecule has 0 aliphatic carbocycles. The second-order valence-electron chi connectivity index (χ2n) is 5.56. The van der Waals surface area contributed by atoms with Gasteiger partial charge in [-0.3, -0.25) is 25.2 Å². The summed E-state index contributed by atoms with van der Waals surface area (Å²) in [5, 5.41) is 0. The minimum Gasteiger partial charge on any atom is -0.339 e. The van der Waals surface area contributed by atoms with Gasteiger partial charge in [0, 0.05) is 29.8 Å². The van der Waals surface area contributed by atoms with E-state index >= 15 is 0 Å². The highest BCUT2D eigenvalue weighted by atomic mass is 16.2. The summed E-state index contributed by atoms with van der Waals surface area (Å²) < 4.78 is 0. The van der Waals surface area contributed by atoms with Crippen LogP contribution in [0, 0.1) is 0 Å². The Morgan fingerprint density at radius 2 is 1.62 bits per heavy atom. The van der Waals surface area contributed by atoms with Crippen LogP contribution >= 0.6 is 0 Å². The molecule has 0 spiro atoms. The molecule has 1 rings (SSSR count). The van der Waals surface area contributed by atoms with Crippen LogP contribution in [0.5, 0.6) is 0 Å². The normalized spacial score (nSPS) is 9.96. The lowest BCUT2D eigenvalue weighted by Gasteiger charge is -2.21. The molecule has 0 aliphatic heterocycles. The van der Waals surface area contributed by atoms with Crippen LogP contribution in [0.2, 0.25) is 0 Å². The van der Waals surface area contributed by atoms with Gasteiger partial charge in [-0.15, -0.1) is 0 Å². The van der Waals surface area contributed by atoms with Gasteiger partial charge in [0.25, 0.3) is 17.7 Å². The van der Waals surface area contributed by atoms with Crippen LogP contribution in [0.25, 0.3) is 0 Å². The Labute approximate surface area is 142 Å². The summed E-state index contributed by atoms with van der Waals surface area (Å²) in [7, 11) is 0. The number of nitrogens with zero attached hydrogens (tertiary/aromatic N) is 1. The highest BCUT2D eigenvalue weighted by Crippen LogP contribution is 2.10. The maximum absolute atomic E-state index is 12.6. The molecule has 0 saturated carbocycles. The highest BCUT2D eigenvalue weighted by Gasteiger charge is 2.16. The monoisotopic (exact) mass is 331 g/mol. The number of amides is 3. The van der Waals surface area contributed by atoms with E-state index in [2.05, 4.69) is 17.4 Å². The first-order valence-electron chi connectivity index (χ1n) is 8.06. The van der Waals surface area contributed by atoms with Crippen molar-refractivity contribution in [1.29, 1.82) is 0 Å². The lowest BCUT2D eigenvalue weighted by atomic mass is 10.1. The summed E-state index contributed by atoms with van der Waals surface area (Å²) in [5.41, 5.74) is 5.60. The zero-order valence-corrected chi connectivity index (χ0v) is 14.5. The molecule has 0 fully saturated rings. The summed E-state index contributed by atoms with van der Waals surface area (Å²) in [6.45, 7) is 10.4. The topological polar surface area (TPSA) is 78.5 Å². The van der Waals surface area contributed by atoms with Crippen LogP contribution in [0.15, 0.2) is 36.4 Å². The summed E-state index contributed by atoms with van der Waals surface area (Å²) in [5.74, 6) is -1.05. The zero-order chi connectivity index (χ0) is 18.1. The van der Waals surface area contributed by atoms with Crippen molar-refractivity contribution in [2.24, 2.45) is 0 Å². The molecule has 6 nitrogen and oxygen atoms in total. The Hall–Kier alpha value is -2.63. The summed E-state index contributed by atoms with van der Waals surface area (Å²) >= 11 is 0. The third-order valence-electron chi connectivity index (χ3n) is 3.32. The fraction of sp³-hybridized carbons (Fsp3) is 0.389. The molecule has 0 saturated heterocycles. The Morgan fingerprint density at radius 1 is 1.04 bits per heavy atom. The summed E-state index contributed by atoms with van der Waals surface area (Å²) in [6.07, 6.45) is 1.75. The van der Waals surface area contributed by atoms with E-state index in [0.29, 0.717) is 24.2 Å². The maximum atomic E-state index is 12.6. The number of nitrogens with one attached hydrogen (secondary N) is 2. The molecule has 1 aromatic rings. The van der Waals surface area contributed by atoms with E-state index in [0.717, 1.165) is 12.8 Å². The van der Waals surface area contributed by atoms with Crippen molar-refractivity contribution in [2.45, 2.75) is 33.6 Å². The molecule has 0 heterocycles. The number of rotatable bonds is 7. The minimum atomic E-state index is -0.489. The van der Waals surface area contributed by atoms with Crippen LogP contribution < -0.4 is 10.9 Å². The molecular formula is C18H25N3O3. The maximum Gasteiger partial charge on any atom is 0.269 e. The third kappa shape index (κ3) is 5.53. The van der Waals surface area contributed by atoms with Gasteiger partial charge in [0.2, 0.25) is 0 Å². The first kappa shape index (κ1) is 19.4. The molecule has 0 aromatic heterocycles. The number of carbonyl (C=O) groups excluding carboxylic acids is 3. The molecule has 24 heavy (non-hydrogen) atoms. The molecule has 3 amide bonds. The van der Waals surface area contributed by atoms with Crippen LogP contribution in [-0.4, -0.2) is 35.7 Å². The van der Waals surface area contributed by atoms with Gasteiger partial charge in [0.05, 0.1) is 0 Å². The molecule has 0 bridgehead atoms. The van der Waals surface area contributed by atoms with E-state index in [9.17, 15) is 14.4 Å². The molecule has 0 atom stereocenters. The molecule has 0 unspecified atom stereocenters. The molecule has 130 valence electrons. The third-order valence-corrected chi connectivity index (χ3v) is 3.32. The van der Waals surface area contributed by atoms with Gasteiger partial charge < -0.3 is 4.90 Å².